The molecule has 0 aliphatic rings. The van der Waals surface area contributed by atoms with Gasteiger partial charge in [-0.25, -0.2) is 9.97 Å². The van der Waals surface area contributed by atoms with Crippen molar-refractivity contribution in [3.8, 4) is 0 Å². The molecular weight excluding hydrogens is 211 g/mol. The maximum absolute atomic E-state index is 6.88. The van der Waals surface area contributed by atoms with Gasteiger partial charge in [0.1, 0.15) is 11.0 Å². The highest BCUT2D eigenvalue weighted by Gasteiger charge is 2.06. The van der Waals surface area contributed by atoms with E-state index in [4.69, 9.17) is 34.3 Å². The number of nitrogen functional groups attached to an aromatic ring is 1. The van der Waals surface area contributed by atoms with Crippen molar-refractivity contribution in [2.45, 2.75) is 13.8 Å². The van der Waals surface area contributed by atoms with Crippen LogP contribution in [0.4, 0.5) is 5.82 Å². The molecule has 0 aliphatic carbocycles. The van der Waals surface area contributed by atoms with Crippen LogP contribution in [-0.2, 0) is 0 Å². The molecule has 0 saturated carbocycles. The Morgan fingerprint density at radius 1 is 1.31 bits per heavy atom. The maximum atomic E-state index is 6.88. The van der Waals surface area contributed by atoms with Crippen LogP contribution < -0.4 is 5.73 Å². The highest BCUT2D eigenvalue weighted by molar-refractivity contribution is 6.34. The molecule has 0 radical (unpaired) electrons. The predicted octanol–water partition coefficient (Wildman–Crippen LogP) is 2.39. The van der Waals surface area contributed by atoms with E-state index in [1.54, 1.807) is 0 Å². The second-order valence-electron chi connectivity index (χ2n) is 1.73. The first-order valence-corrected chi connectivity index (χ1v) is 4.39. The molecule has 13 heavy (non-hydrogen) atoms. The maximum Gasteiger partial charge on any atom is 0.225 e. The van der Waals surface area contributed by atoms with Crippen LogP contribution in [-0.4, -0.2) is 16.2 Å². The first-order valence-electron chi connectivity index (χ1n) is 3.64. The van der Waals surface area contributed by atoms with Gasteiger partial charge >= 0.3 is 0 Å². The molecule has 0 spiro atoms. The quantitative estimate of drug-likeness (QED) is 0.434. The summed E-state index contributed by atoms with van der Waals surface area (Å²) >= 11 is 11.0. The van der Waals surface area contributed by atoms with Gasteiger partial charge < -0.3 is 11.1 Å². The van der Waals surface area contributed by atoms with E-state index in [1.165, 1.54) is 0 Å². The number of rotatable bonds is 1. The minimum absolute atomic E-state index is 0.0156. The third-order valence-corrected chi connectivity index (χ3v) is 1.50. The smallest absolute Gasteiger partial charge is 0.225 e. The van der Waals surface area contributed by atoms with Crippen molar-refractivity contribution in [2.24, 2.45) is 0 Å². The van der Waals surface area contributed by atoms with Gasteiger partial charge in [-0.2, -0.15) is 0 Å². The highest BCUT2D eigenvalue weighted by atomic mass is 35.5. The first kappa shape index (κ1) is 12.1. The molecule has 1 heterocycles. The molecule has 0 amide bonds. The largest absolute Gasteiger partial charge is 0.383 e. The lowest BCUT2D eigenvalue weighted by Crippen LogP contribution is -2.00. The Bertz CT molecular complexity index is 278. The molecule has 72 valence electrons. The van der Waals surface area contributed by atoms with Crippen molar-refractivity contribution in [2.75, 3.05) is 5.73 Å². The molecular formula is C7H10Cl2N4. The number of hydrogen-bond donors (Lipinski definition) is 2. The summed E-state index contributed by atoms with van der Waals surface area (Å²) < 4.78 is 0. The summed E-state index contributed by atoms with van der Waals surface area (Å²) in [6.45, 7) is 4.00. The lowest BCUT2D eigenvalue weighted by atomic mass is 10.3. The van der Waals surface area contributed by atoms with Crippen molar-refractivity contribution >= 4 is 35.2 Å². The van der Waals surface area contributed by atoms with Crippen molar-refractivity contribution in [1.29, 1.82) is 5.41 Å². The Hall–Kier alpha value is -0.870. The van der Waals surface area contributed by atoms with Crippen LogP contribution in [0.25, 0.3) is 0 Å². The van der Waals surface area contributed by atoms with E-state index in [2.05, 4.69) is 9.97 Å². The zero-order valence-electron chi connectivity index (χ0n) is 7.31. The van der Waals surface area contributed by atoms with Crippen LogP contribution in [0, 0.1) is 5.41 Å². The van der Waals surface area contributed by atoms with Crippen LogP contribution in [0.1, 0.15) is 19.4 Å². The van der Waals surface area contributed by atoms with E-state index in [0.717, 1.165) is 6.21 Å². The average Bonchev–Trinajstić information content (AvgIpc) is 2.07. The minimum Gasteiger partial charge on any atom is -0.383 e. The third kappa shape index (κ3) is 3.16. The first-order chi connectivity index (χ1) is 6.15. The number of nitrogens with two attached hydrogens (primary N) is 1. The zero-order valence-corrected chi connectivity index (χ0v) is 8.82. The van der Waals surface area contributed by atoms with E-state index in [9.17, 15) is 0 Å². The van der Waals surface area contributed by atoms with Gasteiger partial charge in [0.05, 0.1) is 5.56 Å². The minimum atomic E-state index is -0.0156. The molecule has 0 atom stereocenters. The fourth-order valence-corrected chi connectivity index (χ4v) is 1.02. The fourth-order valence-electron chi connectivity index (χ4n) is 0.565. The van der Waals surface area contributed by atoms with Gasteiger partial charge in [-0.15, -0.1) is 0 Å². The molecule has 1 aromatic heterocycles. The molecule has 0 aromatic carbocycles. The Morgan fingerprint density at radius 3 is 2.23 bits per heavy atom. The monoisotopic (exact) mass is 220 g/mol. The summed E-state index contributed by atoms with van der Waals surface area (Å²) in [4.78, 5) is 7.20. The number of aromatic nitrogens is 2. The Balaban J connectivity index is 0.000000671. The van der Waals surface area contributed by atoms with Crippen LogP contribution in [0.5, 0.6) is 0 Å². The summed E-state index contributed by atoms with van der Waals surface area (Å²) in [5.74, 6) is 0.116. The van der Waals surface area contributed by atoms with Crippen molar-refractivity contribution < 1.29 is 0 Å². The van der Waals surface area contributed by atoms with Gasteiger partial charge in [-0.05, 0) is 11.6 Å². The van der Waals surface area contributed by atoms with Crippen LogP contribution in [0.15, 0.2) is 0 Å². The van der Waals surface area contributed by atoms with Gasteiger partial charge in [0.2, 0.25) is 5.28 Å². The Labute approximate surface area is 86.6 Å². The molecule has 0 bridgehead atoms. The normalized spacial score (nSPS) is 8.62. The molecule has 4 nitrogen and oxygen atoms in total. The molecule has 1 aromatic rings. The van der Waals surface area contributed by atoms with Gasteiger partial charge in [-0.1, -0.05) is 25.4 Å². The number of nitrogens with one attached hydrogen (secondary N) is 1. The summed E-state index contributed by atoms with van der Waals surface area (Å²) in [6.07, 6.45) is 0.980. The molecule has 0 aliphatic heterocycles. The fraction of sp³-hybridized carbons (Fsp3) is 0.286. The van der Waals surface area contributed by atoms with Crippen LogP contribution >= 0.6 is 23.2 Å². The SMILES string of the molecule is CC.N=Cc1c(N)nc(Cl)nc1Cl. The summed E-state index contributed by atoms with van der Waals surface area (Å²) in [5, 5.41) is 6.96. The molecule has 3 N–H and O–H groups in total. The van der Waals surface area contributed by atoms with Crippen LogP contribution in [0.2, 0.25) is 10.4 Å². The summed E-state index contributed by atoms with van der Waals surface area (Å²) in [7, 11) is 0. The molecule has 1 rings (SSSR count). The molecule has 6 heteroatoms. The summed E-state index contributed by atoms with van der Waals surface area (Å²) in [5.41, 5.74) is 5.65. The predicted molar refractivity (Wildman–Crippen MR) is 55.7 cm³/mol. The van der Waals surface area contributed by atoms with Crippen molar-refractivity contribution in [3.05, 3.63) is 16.0 Å². The zero-order chi connectivity index (χ0) is 10.4. The van der Waals surface area contributed by atoms with Crippen molar-refractivity contribution in [1.82, 2.24) is 9.97 Å². The van der Waals surface area contributed by atoms with Crippen LogP contribution in [0.3, 0.4) is 0 Å². The van der Waals surface area contributed by atoms with E-state index < -0.39 is 0 Å². The second kappa shape index (κ2) is 5.72. The standard InChI is InChI=1S/C5H4Cl2N4.C2H6/c6-3-2(1-8)4(9)11-5(7)10-3;1-2/h1,8H,(H2,9,10,11);1-2H3. The van der Waals surface area contributed by atoms with Gasteiger partial charge in [-0.3, -0.25) is 0 Å². The topological polar surface area (TPSA) is 75.7 Å². The van der Waals surface area contributed by atoms with E-state index in [0.29, 0.717) is 0 Å². The number of halogens is 2. The number of anilines is 1. The van der Waals surface area contributed by atoms with E-state index >= 15 is 0 Å². The average molecular weight is 221 g/mol. The van der Waals surface area contributed by atoms with E-state index in [1.807, 2.05) is 13.8 Å². The Kier molecular flexibility index (Phi) is 5.34. The van der Waals surface area contributed by atoms with E-state index in [-0.39, 0.29) is 21.8 Å². The number of hydrogen-bond acceptors (Lipinski definition) is 4. The molecule has 0 unspecified atom stereocenters. The number of nitrogens with zero attached hydrogens (tertiary/aromatic N) is 2. The highest BCUT2D eigenvalue weighted by Crippen LogP contribution is 2.17. The van der Waals surface area contributed by atoms with Gasteiger partial charge in [0.15, 0.2) is 0 Å². The molecule has 0 fully saturated rings. The van der Waals surface area contributed by atoms with Crippen molar-refractivity contribution in [3.63, 3.8) is 0 Å². The lowest BCUT2D eigenvalue weighted by Gasteiger charge is -1.99. The molecule has 0 saturated heterocycles. The van der Waals surface area contributed by atoms with Gasteiger partial charge in [0.25, 0.3) is 0 Å². The third-order valence-electron chi connectivity index (χ3n) is 1.05. The summed E-state index contributed by atoms with van der Waals surface area (Å²) in [6, 6.07) is 0. The second-order valence-corrected chi connectivity index (χ2v) is 2.42. The van der Waals surface area contributed by atoms with Gasteiger partial charge in [0, 0.05) is 6.21 Å². The Morgan fingerprint density at radius 2 is 1.85 bits per heavy atom. The lowest BCUT2D eigenvalue weighted by molar-refractivity contribution is 1.17.